The van der Waals surface area contributed by atoms with E-state index in [1.807, 2.05) is 19.2 Å². The number of ether oxygens (including phenoxy) is 1. The maximum absolute atomic E-state index is 13.3. The Bertz CT molecular complexity index is 291. The highest BCUT2D eigenvalue weighted by Gasteiger charge is 2.09. The SMILES string of the molecule is CNC(CCOC)Cc1ccccc1F. The molecule has 2 nitrogen and oxygen atoms in total. The Kier molecular flexibility index (Phi) is 5.29. The topological polar surface area (TPSA) is 21.3 Å². The molecule has 1 aromatic rings. The van der Waals surface area contributed by atoms with Crippen molar-refractivity contribution in [2.24, 2.45) is 0 Å². The van der Waals surface area contributed by atoms with E-state index in [0.29, 0.717) is 13.0 Å². The minimum absolute atomic E-state index is 0.129. The predicted octanol–water partition coefficient (Wildman–Crippen LogP) is 1.99. The number of hydrogen-bond donors (Lipinski definition) is 1. The third-order valence-electron chi connectivity index (χ3n) is 2.50. The summed E-state index contributed by atoms with van der Waals surface area (Å²) in [5.41, 5.74) is 0.757. The van der Waals surface area contributed by atoms with Crippen LogP contribution in [0.3, 0.4) is 0 Å². The van der Waals surface area contributed by atoms with Crippen LogP contribution >= 0.6 is 0 Å². The number of halogens is 1. The van der Waals surface area contributed by atoms with E-state index >= 15 is 0 Å². The first kappa shape index (κ1) is 12.1. The summed E-state index contributed by atoms with van der Waals surface area (Å²) < 4.78 is 18.4. The van der Waals surface area contributed by atoms with Gasteiger partial charge < -0.3 is 10.1 Å². The molecule has 0 amide bonds. The zero-order valence-electron chi connectivity index (χ0n) is 9.29. The highest BCUT2D eigenvalue weighted by atomic mass is 19.1. The molecule has 0 spiro atoms. The molecule has 84 valence electrons. The van der Waals surface area contributed by atoms with Crippen molar-refractivity contribution in [3.63, 3.8) is 0 Å². The third kappa shape index (κ3) is 3.98. The van der Waals surface area contributed by atoms with E-state index in [4.69, 9.17) is 4.74 Å². The molecule has 0 bridgehead atoms. The Morgan fingerprint density at radius 1 is 1.40 bits per heavy atom. The van der Waals surface area contributed by atoms with Gasteiger partial charge in [0, 0.05) is 19.8 Å². The van der Waals surface area contributed by atoms with Gasteiger partial charge >= 0.3 is 0 Å². The lowest BCUT2D eigenvalue weighted by Crippen LogP contribution is -2.29. The Morgan fingerprint density at radius 2 is 2.13 bits per heavy atom. The molecule has 0 saturated carbocycles. The Hall–Kier alpha value is -0.930. The summed E-state index contributed by atoms with van der Waals surface area (Å²) in [7, 11) is 3.57. The van der Waals surface area contributed by atoms with E-state index in [1.54, 1.807) is 13.2 Å². The second-order valence-electron chi connectivity index (χ2n) is 3.56. The van der Waals surface area contributed by atoms with Gasteiger partial charge in [0.25, 0.3) is 0 Å². The van der Waals surface area contributed by atoms with Gasteiger partial charge in [0.15, 0.2) is 0 Å². The van der Waals surface area contributed by atoms with Crippen molar-refractivity contribution in [3.8, 4) is 0 Å². The van der Waals surface area contributed by atoms with Crippen molar-refractivity contribution in [2.75, 3.05) is 20.8 Å². The van der Waals surface area contributed by atoms with Gasteiger partial charge in [0.1, 0.15) is 5.82 Å². The van der Waals surface area contributed by atoms with Gasteiger partial charge in [0.2, 0.25) is 0 Å². The third-order valence-corrected chi connectivity index (χ3v) is 2.50. The van der Waals surface area contributed by atoms with Gasteiger partial charge in [0.05, 0.1) is 0 Å². The van der Waals surface area contributed by atoms with Crippen molar-refractivity contribution in [1.29, 1.82) is 0 Å². The van der Waals surface area contributed by atoms with Gasteiger partial charge in [-0.2, -0.15) is 0 Å². The summed E-state index contributed by atoms with van der Waals surface area (Å²) in [6.07, 6.45) is 1.59. The molecule has 1 rings (SSSR count). The summed E-state index contributed by atoms with van der Waals surface area (Å²) in [5, 5.41) is 3.17. The fraction of sp³-hybridized carbons (Fsp3) is 0.500. The molecule has 1 unspecified atom stereocenters. The highest BCUT2D eigenvalue weighted by molar-refractivity contribution is 5.18. The van der Waals surface area contributed by atoms with Crippen LogP contribution in [0.25, 0.3) is 0 Å². The molecule has 1 N–H and O–H groups in total. The van der Waals surface area contributed by atoms with Crippen LogP contribution < -0.4 is 5.32 Å². The molecule has 3 heteroatoms. The molecule has 15 heavy (non-hydrogen) atoms. The van der Waals surface area contributed by atoms with Crippen LogP contribution in [0.2, 0.25) is 0 Å². The lowest BCUT2D eigenvalue weighted by molar-refractivity contribution is 0.183. The number of benzene rings is 1. The first-order valence-corrected chi connectivity index (χ1v) is 5.17. The molecule has 0 aliphatic heterocycles. The van der Waals surface area contributed by atoms with E-state index in [2.05, 4.69) is 5.32 Å². The van der Waals surface area contributed by atoms with E-state index in [-0.39, 0.29) is 11.9 Å². The van der Waals surface area contributed by atoms with Gasteiger partial charge in [-0.1, -0.05) is 18.2 Å². The minimum Gasteiger partial charge on any atom is -0.385 e. The summed E-state index contributed by atoms with van der Waals surface area (Å²) in [6.45, 7) is 0.694. The molecule has 0 radical (unpaired) electrons. The van der Waals surface area contributed by atoms with Crippen molar-refractivity contribution < 1.29 is 9.13 Å². The van der Waals surface area contributed by atoms with Gasteiger partial charge in [-0.15, -0.1) is 0 Å². The van der Waals surface area contributed by atoms with E-state index < -0.39 is 0 Å². The zero-order chi connectivity index (χ0) is 11.1. The molecule has 0 heterocycles. The van der Waals surface area contributed by atoms with Crippen LogP contribution in [0.4, 0.5) is 4.39 Å². The quantitative estimate of drug-likeness (QED) is 0.777. The predicted molar refractivity (Wildman–Crippen MR) is 59.4 cm³/mol. The lowest BCUT2D eigenvalue weighted by Gasteiger charge is -2.15. The molecule has 1 atom stereocenters. The normalized spacial score (nSPS) is 12.7. The summed E-state index contributed by atoms with van der Waals surface area (Å²) in [6, 6.07) is 7.16. The van der Waals surface area contributed by atoms with Crippen LogP contribution in [-0.4, -0.2) is 26.8 Å². The standard InChI is InChI=1S/C12H18FNO/c1-14-11(7-8-15-2)9-10-5-3-4-6-12(10)13/h3-6,11,14H,7-9H2,1-2H3. The van der Waals surface area contributed by atoms with E-state index in [0.717, 1.165) is 12.0 Å². The fourth-order valence-corrected chi connectivity index (χ4v) is 1.54. The first-order valence-electron chi connectivity index (χ1n) is 5.17. The zero-order valence-corrected chi connectivity index (χ0v) is 9.29. The lowest BCUT2D eigenvalue weighted by atomic mass is 10.0. The van der Waals surface area contributed by atoms with Crippen molar-refractivity contribution in [2.45, 2.75) is 18.9 Å². The summed E-state index contributed by atoms with van der Waals surface area (Å²) >= 11 is 0. The number of methoxy groups -OCH3 is 1. The van der Waals surface area contributed by atoms with E-state index in [9.17, 15) is 4.39 Å². The van der Waals surface area contributed by atoms with E-state index in [1.165, 1.54) is 6.07 Å². The molecule has 0 aliphatic carbocycles. The molecule has 1 aromatic carbocycles. The van der Waals surface area contributed by atoms with Crippen molar-refractivity contribution >= 4 is 0 Å². The molecule has 0 fully saturated rings. The second-order valence-corrected chi connectivity index (χ2v) is 3.56. The van der Waals surface area contributed by atoms with Crippen LogP contribution in [0.1, 0.15) is 12.0 Å². The number of likely N-dealkylation sites (N-methyl/N-ethyl adjacent to an activating group) is 1. The van der Waals surface area contributed by atoms with Crippen LogP contribution in [-0.2, 0) is 11.2 Å². The largest absolute Gasteiger partial charge is 0.385 e. The molecule has 0 aromatic heterocycles. The minimum atomic E-state index is -0.129. The smallest absolute Gasteiger partial charge is 0.126 e. The second kappa shape index (κ2) is 6.53. The van der Waals surface area contributed by atoms with Crippen molar-refractivity contribution in [1.82, 2.24) is 5.32 Å². The maximum Gasteiger partial charge on any atom is 0.126 e. The average Bonchev–Trinajstić information content (AvgIpc) is 2.26. The van der Waals surface area contributed by atoms with Gasteiger partial charge in [-0.3, -0.25) is 0 Å². The fourth-order valence-electron chi connectivity index (χ4n) is 1.54. The Balaban J connectivity index is 2.54. The summed E-state index contributed by atoms with van der Waals surface area (Å²) in [5.74, 6) is -0.129. The van der Waals surface area contributed by atoms with Crippen molar-refractivity contribution in [3.05, 3.63) is 35.6 Å². The number of nitrogens with one attached hydrogen (secondary N) is 1. The monoisotopic (exact) mass is 211 g/mol. The Labute approximate surface area is 90.4 Å². The molecular weight excluding hydrogens is 193 g/mol. The Morgan fingerprint density at radius 3 is 2.73 bits per heavy atom. The van der Waals surface area contributed by atoms with Crippen LogP contribution in [0.5, 0.6) is 0 Å². The van der Waals surface area contributed by atoms with Gasteiger partial charge in [-0.25, -0.2) is 4.39 Å². The van der Waals surface area contributed by atoms with Gasteiger partial charge in [-0.05, 0) is 31.5 Å². The van der Waals surface area contributed by atoms with Crippen LogP contribution in [0.15, 0.2) is 24.3 Å². The number of rotatable bonds is 6. The maximum atomic E-state index is 13.3. The molecule has 0 saturated heterocycles. The first-order chi connectivity index (χ1) is 7.27. The number of hydrogen-bond acceptors (Lipinski definition) is 2. The summed E-state index contributed by atoms with van der Waals surface area (Å²) in [4.78, 5) is 0. The molecular formula is C12H18FNO. The van der Waals surface area contributed by atoms with Crippen LogP contribution in [0, 0.1) is 5.82 Å². The highest BCUT2D eigenvalue weighted by Crippen LogP contribution is 2.10. The average molecular weight is 211 g/mol. The molecule has 0 aliphatic rings.